The Hall–Kier alpha value is -3.19. The number of anilines is 1. The highest BCUT2D eigenvalue weighted by Crippen LogP contribution is 2.33. The van der Waals surface area contributed by atoms with Crippen LogP contribution in [-0.4, -0.2) is 24.1 Å². The Morgan fingerprint density at radius 3 is 2.55 bits per heavy atom. The summed E-state index contributed by atoms with van der Waals surface area (Å²) in [5, 5.41) is 7.34. The molecule has 1 amide bonds. The molecule has 1 aliphatic heterocycles. The first-order valence-electron chi connectivity index (χ1n) is 9.25. The summed E-state index contributed by atoms with van der Waals surface area (Å²) in [6, 6.07) is 15.4. The number of aryl methyl sites for hydroxylation is 2. The van der Waals surface area contributed by atoms with Crippen LogP contribution < -0.4 is 5.32 Å². The molecule has 0 radical (unpaired) electrons. The van der Waals surface area contributed by atoms with Gasteiger partial charge in [-0.25, -0.2) is 13.1 Å². The molecular weight excluding hydrogens is 386 g/mol. The summed E-state index contributed by atoms with van der Waals surface area (Å²) in [5.41, 5.74) is 4.97. The van der Waals surface area contributed by atoms with Gasteiger partial charge in [0.25, 0.3) is 0 Å². The Bertz CT molecular complexity index is 1230. The molecule has 3 aromatic rings. The van der Waals surface area contributed by atoms with E-state index in [1.165, 1.54) is 6.08 Å². The number of nitrogens with one attached hydrogen (secondary N) is 1. The molecule has 0 saturated heterocycles. The third-order valence-corrected chi connectivity index (χ3v) is 6.43. The maximum absolute atomic E-state index is 12.6. The molecule has 7 heteroatoms. The number of hydrogen-bond donors (Lipinski definition) is 1. The largest absolute Gasteiger partial charge is 0.307 e. The summed E-state index contributed by atoms with van der Waals surface area (Å²) in [6.45, 7) is 4.02. The predicted molar refractivity (Wildman–Crippen MR) is 113 cm³/mol. The quantitative estimate of drug-likeness (QED) is 0.671. The minimum atomic E-state index is -3.23. The molecule has 1 aliphatic rings. The van der Waals surface area contributed by atoms with Crippen LogP contribution in [0, 0.1) is 13.8 Å². The van der Waals surface area contributed by atoms with Crippen molar-refractivity contribution >= 4 is 27.6 Å². The van der Waals surface area contributed by atoms with Gasteiger partial charge in [-0.1, -0.05) is 36.4 Å². The lowest BCUT2D eigenvalue weighted by Gasteiger charge is -2.11. The van der Waals surface area contributed by atoms with E-state index in [4.69, 9.17) is 0 Å². The number of benzene rings is 2. The lowest BCUT2D eigenvalue weighted by molar-refractivity contribution is -0.111. The maximum atomic E-state index is 12.6. The van der Waals surface area contributed by atoms with Crippen molar-refractivity contribution in [2.75, 3.05) is 5.32 Å². The first-order valence-corrected chi connectivity index (χ1v) is 11.1. The van der Waals surface area contributed by atoms with Crippen LogP contribution in [0.5, 0.6) is 0 Å². The maximum Gasteiger partial charge on any atom is 0.249 e. The fourth-order valence-electron chi connectivity index (χ4n) is 3.31. The van der Waals surface area contributed by atoms with Crippen LogP contribution in [0.25, 0.3) is 11.8 Å². The number of sulfone groups is 1. The predicted octanol–water partition coefficient (Wildman–Crippen LogP) is 3.57. The number of amides is 1. The standard InChI is InChI=1S/C22H21N3O3S/c1-15-8-10-18(12-16(15)2)25-22(19-13-29(27,28)14-20(19)24-25)23-21(26)11-9-17-6-4-3-5-7-17/h3-12H,13-14H2,1-2H3,(H,23,26)/b11-9-. The van der Waals surface area contributed by atoms with Gasteiger partial charge in [-0.15, -0.1) is 0 Å². The molecule has 6 nitrogen and oxygen atoms in total. The Kier molecular flexibility index (Phi) is 4.84. The van der Waals surface area contributed by atoms with Crippen molar-refractivity contribution < 1.29 is 13.2 Å². The highest BCUT2D eigenvalue weighted by Gasteiger charge is 2.33. The summed E-state index contributed by atoms with van der Waals surface area (Å²) in [6.07, 6.45) is 3.14. The molecule has 0 atom stereocenters. The zero-order valence-corrected chi connectivity index (χ0v) is 17.0. The highest BCUT2D eigenvalue weighted by molar-refractivity contribution is 7.90. The van der Waals surface area contributed by atoms with E-state index in [9.17, 15) is 13.2 Å². The first kappa shape index (κ1) is 19.1. The summed E-state index contributed by atoms with van der Waals surface area (Å²) >= 11 is 0. The van der Waals surface area contributed by atoms with E-state index in [1.54, 1.807) is 10.8 Å². The van der Waals surface area contributed by atoms with Crippen molar-refractivity contribution in [3.05, 3.63) is 82.6 Å². The molecule has 0 fully saturated rings. The van der Waals surface area contributed by atoms with E-state index in [0.29, 0.717) is 17.1 Å². The highest BCUT2D eigenvalue weighted by atomic mass is 32.2. The van der Waals surface area contributed by atoms with Gasteiger partial charge in [0.1, 0.15) is 5.82 Å². The number of nitrogens with zero attached hydrogens (tertiary/aromatic N) is 2. The van der Waals surface area contributed by atoms with Crippen molar-refractivity contribution in [1.29, 1.82) is 0 Å². The van der Waals surface area contributed by atoms with Crippen LogP contribution in [0.1, 0.15) is 27.9 Å². The van der Waals surface area contributed by atoms with Crippen LogP contribution in [-0.2, 0) is 26.1 Å². The van der Waals surface area contributed by atoms with E-state index < -0.39 is 9.84 Å². The SMILES string of the molecule is Cc1ccc(-n2nc3c(c2NC(=O)/C=C\c2ccccc2)CS(=O)(=O)C3)cc1C. The lowest BCUT2D eigenvalue weighted by Crippen LogP contribution is -2.14. The molecule has 0 bridgehead atoms. The van der Waals surface area contributed by atoms with Crippen molar-refractivity contribution in [1.82, 2.24) is 9.78 Å². The van der Waals surface area contributed by atoms with Gasteiger partial charge in [-0.2, -0.15) is 5.10 Å². The van der Waals surface area contributed by atoms with Gasteiger partial charge in [-0.05, 0) is 48.7 Å². The van der Waals surface area contributed by atoms with Crippen molar-refractivity contribution in [2.45, 2.75) is 25.4 Å². The van der Waals surface area contributed by atoms with Gasteiger partial charge >= 0.3 is 0 Å². The normalized spacial score (nSPS) is 14.8. The Labute approximate surface area is 169 Å². The molecule has 2 aromatic carbocycles. The first-order chi connectivity index (χ1) is 13.8. The summed E-state index contributed by atoms with van der Waals surface area (Å²) in [7, 11) is -3.23. The number of carbonyl (C=O) groups excluding carboxylic acids is 1. The monoisotopic (exact) mass is 407 g/mol. The summed E-state index contributed by atoms with van der Waals surface area (Å²) in [4.78, 5) is 12.6. The third kappa shape index (κ3) is 4.00. The number of aromatic nitrogens is 2. The fraction of sp³-hybridized carbons (Fsp3) is 0.182. The minimum absolute atomic E-state index is 0.108. The van der Waals surface area contributed by atoms with Crippen LogP contribution in [0.15, 0.2) is 54.6 Å². The molecule has 0 saturated carbocycles. The topological polar surface area (TPSA) is 81.1 Å². The third-order valence-electron chi connectivity index (χ3n) is 4.99. The smallest absolute Gasteiger partial charge is 0.249 e. The molecule has 4 rings (SSSR count). The van der Waals surface area contributed by atoms with Crippen molar-refractivity contribution in [3.63, 3.8) is 0 Å². The molecular formula is C22H21N3O3S. The van der Waals surface area contributed by atoms with Crippen LogP contribution in [0.2, 0.25) is 0 Å². The molecule has 1 aromatic heterocycles. The fourth-order valence-corrected chi connectivity index (χ4v) is 4.80. The molecule has 0 aliphatic carbocycles. The van der Waals surface area contributed by atoms with Gasteiger partial charge in [0.15, 0.2) is 9.84 Å². The number of fused-ring (bicyclic) bond motifs is 1. The Balaban J connectivity index is 1.70. The Morgan fingerprint density at radius 2 is 1.83 bits per heavy atom. The second kappa shape index (κ2) is 7.33. The van der Waals surface area contributed by atoms with Gasteiger partial charge in [0, 0.05) is 11.6 Å². The molecule has 0 unspecified atom stereocenters. The molecule has 2 heterocycles. The van der Waals surface area contributed by atoms with Crippen LogP contribution in [0.3, 0.4) is 0 Å². The summed E-state index contributed by atoms with van der Waals surface area (Å²) < 4.78 is 25.8. The average Bonchev–Trinajstić information content (AvgIpc) is 3.16. The van der Waals surface area contributed by atoms with E-state index >= 15 is 0 Å². The zero-order chi connectivity index (χ0) is 20.6. The average molecular weight is 407 g/mol. The van der Waals surface area contributed by atoms with E-state index in [2.05, 4.69) is 10.4 Å². The number of carbonyl (C=O) groups is 1. The Morgan fingerprint density at radius 1 is 1.07 bits per heavy atom. The van der Waals surface area contributed by atoms with Crippen molar-refractivity contribution in [3.8, 4) is 5.69 Å². The van der Waals surface area contributed by atoms with E-state index in [1.807, 2.05) is 62.4 Å². The van der Waals surface area contributed by atoms with Gasteiger partial charge in [0.2, 0.25) is 5.91 Å². The van der Waals surface area contributed by atoms with Crippen molar-refractivity contribution in [2.24, 2.45) is 0 Å². The van der Waals surface area contributed by atoms with Gasteiger partial charge < -0.3 is 5.32 Å². The van der Waals surface area contributed by atoms with Gasteiger partial charge in [-0.3, -0.25) is 4.79 Å². The molecule has 148 valence electrons. The molecule has 29 heavy (non-hydrogen) atoms. The minimum Gasteiger partial charge on any atom is -0.307 e. The van der Waals surface area contributed by atoms with E-state index in [0.717, 1.165) is 22.4 Å². The second-order valence-electron chi connectivity index (χ2n) is 7.22. The lowest BCUT2D eigenvalue weighted by atomic mass is 10.1. The second-order valence-corrected chi connectivity index (χ2v) is 9.28. The van der Waals surface area contributed by atoms with Crippen LogP contribution >= 0.6 is 0 Å². The zero-order valence-electron chi connectivity index (χ0n) is 16.2. The number of rotatable bonds is 4. The number of hydrogen-bond acceptors (Lipinski definition) is 4. The summed E-state index contributed by atoms with van der Waals surface area (Å²) in [5.74, 6) is -0.161. The molecule has 0 spiro atoms. The van der Waals surface area contributed by atoms with Gasteiger partial charge in [0.05, 0.1) is 22.9 Å². The van der Waals surface area contributed by atoms with E-state index in [-0.39, 0.29) is 17.4 Å². The van der Waals surface area contributed by atoms with Crippen LogP contribution in [0.4, 0.5) is 5.82 Å². The molecule has 1 N–H and O–H groups in total.